The second-order valence-electron chi connectivity index (χ2n) is 6.32. The third-order valence-corrected chi connectivity index (χ3v) is 5.55. The van der Waals surface area contributed by atoms with Gasteiger partial charge in [-0.1, -0.05) is 61.9 Å². The van der Waals surface area contributed by atoms with Gasteiger partial charge in [0.05, 0.1) is 10.9 Å². The van der Waals surface area contributed by atoms with Crippen molar-refractivity contribution in [2.75, 3.05) is 0 Å². The Balaban J connectivity index is 2.29. The van der Waals surface area contributed by atoms with E-state index in [1.807, 2.05) is 75.4 Å². The van der Waals surface area contributed by atoms with E-state index in [4.69, 9.17) is 0 Å². The fourth-order valence-electron chi connectivity index (χ4n) is 2.97. The molecule has 134 valence electrons. The van der Waals surface area contributed by atoms with Crippen LogP contribution in [0.5, 0.6) is 0 Å². The molecule has 0 aromatic heterocycles. The van der Waals surface area contributed by atoms with Gasteiger partial charge in [-0.25, -0.2) is 8.93 Å². The zero-order chi connectivity index (χ0) is 18.2. The Morgan fingerprint density at radius 1 is 1.04 bits per heavy atom. The van der Waals surface area contributed by atoms with Crippen molar-refractivity contribution in [3.05, 3.63) is 65.7 Å². The summed E-state index contributed by atoms with van der Waals surface area (Å²) in [5.74, 6) is 0.0454. The molecule has 25 heavy (non-hydrogen) atoms. The SMILES string of the molecule is CCCC(=O)[C@@H](CC)[C@@H](NS(=O)c1ccc(C)cc1)c1ccccc1. The van der Waals surface area contributed by atoms with Crippen molar-refractivity contribution in [1.82, 2.24) is 4.72 Å². The number of benzene rings is 2. The van der Waals surface area contributed by atoms with Crippen LogP contribution < -0.4 is 4.72 Å². The average Bonchev–Trinajstić information content (AvgIpc) is 2.63. The van der Waals surface area contributed by atoms with Crippen molar-refractivity contribution < 1.29 is 9.00 Å². The fourth-order valence-corrected chi connectivity index (χ4v) is 4.02. The van der Waals surface area contributed by atoms with Crippen LogP contribution in [0.4, 0.5) is 0 Å². The quantitative estimate of drug-likeness (QED) is 0.704. The molecule has 0 saturated carbocycles. The lowest BCUT2D eigenvalue weighted by atomic mass is 9.86. The topological polar surface area (TPSA) is 46.2 Å². The van der Waals surface area contributed by atoms with Crippen LogP contribution in [-0.4, -0.2) is 9.99 Å². The fraction of sp³-hybridized carbons (Fsp3) is 0.381. The Morgan fingerprint density at radius 2 is 1.68 bits per heavy atom. The highest BCUT2D eigenvalue weighted by atomic mass is 32.2. The molecule has 0 aliphatic rings. The Hall–Kier alpha value is -1.78. The summed E-state index contributed by atoms with van der Waals surface area (Å²) < 4.78 is 16.0. The first-order chi connectivity index (χ1) is 12.1. The van der Waals surface area contributed by atoms with Gasteiger partial charge in [-0.05, 0) is 37.5 Å². The van der Waals surface area contributed by atoms with Crippen LogP contribution in [0, 0.1) is 12.8 Å². The zero-order valence-electron chi connectivity index (χ0n) is 15.2. The molecule has 0 spiro atoms. The van der Waals surface area contributed by atoms with E-state index in [0.717, 1.165) is 28.9 Å². The van der Waals surface area contributed by atoms with E-state index in [0.29, 0.717) is 6.42 Å². The molecule has 0 aliphatic carbocycles. The number of nitrogens with one attached hydrogen (secondary N) is 1. The molecule has 2 rings (SSSR count). The van der Waals surface area contributed by atoms with E-state index in [9.17, 15) is 9.00 Å². The van der Waals surface area contributed by atoms with Gasteiger partial charge < -0.3 is 0 Å². The molecule has 0 amide bonds. The summed E-state index contributed by atoms with van der Waals surface area (Å²) in [6, 6.07) is 17.2. The van der Waals surface area contributed by atoms with Gasteiger partial charge in [0, 0.05) is 12.3 Å². The van der Waals surface area contributed by atoms with Crippen molar-refractivity contribution >= 4 is 16.8 Å². The third kappa shape index (κ3) is 5.35. The van der Waals surface area contributed by atoms with E-state index in [-0.39, 0.29) is 17.7 Å². The molecular weight excluding hydrogens is 330 g/mol. The van der Waals surface area contributed by atoms with Gasteiger partial charge in [-0.2, -0.15) is 0 Å². The Kier molecular flexibility index (Phi) is 7.53. The summed E-state index contributed by atoms with van der Waals surface area (Å²) in [5.41, 5.74) is 2.13. The van der Waals surface area contributed by atoms with Crippen molar-refractivity contribution in [3.63, 3.8) is 0 Å². The monoisotopic (exact) mass is 357 g/mol. The average molecular weight is 358 g/mol. The number of carbonyl (C=O) groups is 1. The second kappa shape index (κ2) is 9.64. The molecule has 2 aromatic rings. The zero-order valence-corrected chi connectivity index (χ0v) is 16.0. The molecule has 0 saturated heterocycles. The maximum Gasteiger partial charge on any atom is 0.137 e. The molecule has 1 unspecified atom stereocenters. The molecule has 0 fully saturated rings. The van der Waals surface area contributed by atoms with Crippen molar-refractivity contribution in [2.45, 2.75) is 51.0 Å². The molecule has 0 heterocycles. The standard InChI is InChI=1S/C21H27NO2S/c1-4-9-20(23)19(5-2)21(17-10-7-6-8-11-17)22-25(24)18-14-12-16(3)13-15-18/h6-8,10-15,19,21-22H,4-5,9H2,1-3H3/t19-,21+,25?/m1/s1. The van der Waals surface area contributed by atoms with Crippen LogP contribution in [0.1, 0.15) is 50.3 Å². The predicted molar refractivity (Wildman–Crippen MR) is 104 cm³/mol. The first-order valence-electron chi connectivity index (χ1n) is 8.89. The van der Waals surface area contributed by atoms with Crippen molar-refractivity contribution in [3.8, 4) is 0 Å². The van der Waals surface area contributed by atoms with Gasteiger partial charge in [0.2, 0.25) is 0 Å². The van der Waals surface area contributed by atoms with Crippen molar-refractivity contribution in [2.24, 2.45) is 5.92 Å². The number of hydrogen-bond donors (Lipinski definition) is 1. The normalized spacial score (nSPS) is 14.7. The van der Waals surface area contributed by atoms with Crippen LogP contribution in [0.25, 0.3) is 0 Å². The molecular formula is C21H27NO2S. The molecule has 3 atom stereocenters. The van der Waals surface area contributed by atoms with Gasteiger partial charge >= 0.3 is 0 Å². The minimum absolute atomic E-state index is 0.184. The largest absolute Gasteiger partial charge is 0.299 e. The minimum atomic E-state index is -1.37. The summed E-state index contributed by atoms with van der Waals surface area (Å²) in [4.78, 5) is 13.3. The number of Topliss-reactive ketones (excluding diaryl/α,β-unsaturated/α-hetero) is 1. The lowest BCUT2D eigenvalue weighted by molar-refractivity contribution is -0.123. The highest BCUT2D eigenvalue weighted by Gasteiger charge is 2.28. The maximum atomic E-state index is 12.8. The summed E-state index contributed by atoms with van der Waals surface area (Å²) in [5, 5.41) is 0. The minimum Gasteiger partial charge on any atom is -0.299 e. The van der Waals surface area contributed by atoms with Crippen LogP contribution in [0.15, 0.2) is 59.5 Å². The Bertz CT molecular complexity index is 698. The smallest absolute Gasteiger partial charge is 0.137 e. The molecule has 3 nitrogen and oxygen atoms in total. The van der Waals surface area contributed by atoms with Gasteiger partial charge in [0.1, 0.15) is 16.8 Å². The third-order valence-electron chi connectivity index (χ3n) is 4.38. The van der Waals surface area contributed by atoms with E-state index < -0.39 is 11.0 Å². The number of hydrogen-bond acceptors (Lipinski definition) is 2. The van der Waals surface area contributed by atoms with E-state index in [2.05, 4.69) is 4.72 Å². The van der Waals surface area contributed by atoms with Crippen molar-refractivity contribution in [1.29, 1.82) is 0 Å². The van der Waals surface area contributed by atoms with Crippen LogP contribution >= 0.6 is 0 Å². The lowest BCUT2D eigenvalue weighted by Crippen LogP contribution is -2.34. The van der Waals surface area contributed by atoms with Crippen LogP contribution in [0.2, 0.25) is 0 Å². The Labute approximate surface area is 153 Å². The van der Waals surface area contributed by atoms with E-state index in [1.54, 1.807) is 0 Å². The van der Waals surface area contributed by atoms with E-state index in [1.165, 1.54) is 0 Å². The first kappa shape index (κ1) is 19.5. The van der Waals surface area contributed by atoms with Crippen LogP contribution in [0.3, 0.4) is 0 Å². The number of ketones is 1. The van der Waals surface area contributed by atoms with E-state index >= 15 is 0 Å². The molecule has 0 aliphatic heterocycles. The first-order valence-corrected chi connectivity index (χ1v) is 10.0. The summed E-state index contributed by atoms with van der Waals surface area (Å²) >= 11 is 0. The van der Waals surface area contributed by atoms with Gasteiger partial charge in [0.25, 0.3) is 0 Å². The van der Waals surface area contributed by atoms with Crippen LogP contribution in [-0.2, 0) is 15.8 Å². The molecule has 0 radical (unpaired) electrons. The lowest BCUT2D eigenvalue weighted by Gasteiger charge is -2.26. The predicted octanol–water partition coefficient (Wildman–Crippen LogP) is 4.74. The molecule has 4 heteroatoms. The second-order valence-corrected chi connectivity index (χ2v) is 7.56. The summed E-state index contributed by atoms with van der Waals surface area (Å²) in [7, 11) is -1.37. The van der Waals surface area contributed by atoms with Gasteiger partial charge in [-0.15, -0.1) is 0 Å². The number of carbonyl (C=O) groups excluding carboxylic acids is 1. The highest BCUT2D eigenvalue weighted by molar-refractivity contribution is 7.83. The molecule has 1 N–H and O–H groups in total. The number of rotatable bonds is 9. The maximum absolute atomic E-state index is 12.8. The summed E-state index contributed by atoms with van der Waals surface area (Å²) in [6.45, 7) is 6.04. The number of aryl methyl sites for hydroxylation is 1. The summed E-state index contributed by atoms with van der Waals surface area (Å²) in [6.07, 6.45) is 2.11. The molecule has 0 bridgehead atoms. The van der Waals surface area contributed by atoms with Gasteiger partial charge in [-0.3, -0.25) is 4.79 Å². The molecule has 2 aromatic carbocycles. The van der Waals surface area contributed by atoms with Gasteiger partial charge in [0.15, 0.2) is 0 Å². The highest BCUT2D eigenvalue weighted by Crippen LogP contribution is 2.28. The Morgan fingerprint density at radius 3 is 2.24 bits per heavy atom.